The summed E-state index contributed by atoms with van der Waals surface area (Å²) in [5, 5.41) is 12.1. The molecule has 1 saturated carbocycles. The molecule has 1 aliphatic rings. The molecule has 4 nitrogen and oxygen atoms in total. The molecule has 0 saturated heterocycles. The van der Waals surface area contributed by atoms with Crippen LogP contribution in [-0.2, 0) is 4.79 Å². The minimum absolute atomic E-state index is 0.0624. The maximum absolute atomic E-state index is 11.9. The molecule has 0 heterocycles. The second-order valence-corrected chi connectivity index (χ2v) is 5.00. The van der Waals surface area contributed by atoms with E-state index in [2.05, 4.69) is 5.32 Å². The monoisotopic (exact) mass is 267 g/mol. The van der Waals surface area contributed by atoms with Gasteiger partial charge in [0, 0.05) is 10.6 Å². The lowest BCUT2D eigenvalue weighted by molar-refractivity contribution is -0.139. The molecule has 1 aromatic rings. The zero-order valence-corrected chi connectivity index (χ0v) is 10.7. The van der Waals surface area contributed by atoms with Gasteiger partial charge in [0.15, 0.2) is 0 Å². The van der Waals surface area contributed by atoms with Crippen LogP contribution in [0.4, 0.5) is 0 Å². The van der Waals surface area contributed by atoms with Gasteiger partial charge in [0.05, 0.1) is 0 Å². The third-order valence-corrected chi connectivity index (χ3v) is 3.49. The fourth-order valence-electron chi connectivity index (χ4n) is 1.77. The van der Waals surface area contributed by atoms with Gasteiger partial charge < -0.3 is 10.4 Å². The zero-order valence-electron chi connectivity index (χ0n) is 9.94. The molecule has 1 atom stereocenters. The summed E-state index contributed by atoms with van der Waals surface area (Å²) >= 11 is 5.94. The molecule has 1 fully saturated rings. The van der Waals surface area contributed by atoms with Gasteiger partial charge in [0.1, 0.15) is 6.04 Å². The summed E-state index contributed by atoms with van der Waals surface area (Å²) in [6.07, 6.45) is 1.71. The summed E-state index contributed by atoms with van der Waals surface area (Å²) < 4.78 is 0. The van der Waals surface area contributed by atoms with Crippen LogP contribution in [0.15, 0.2) is 18.2 Å². The number of carbonyl (C=O) groups is 2. The summed E-state index contributed by atoms with van der Waals surface area (Å²) in [6.45, 7) is 1.84. The predicted molar refractivity (Wildman–Crippen MR) is 67.8 cm³/mol. The van der Waals surface area contributed by atoms with E-state index in [1.165, 1.54) is 0 Å². The van der Waals surface area contributed by atoms with Crippen LogP contribution in [0, 0.1) is 12.8 Å². The minimum atomic E-state index is -0.982. The molecule has 96 valence electrons. The molecular formula is C13H14ClNO3. The highest BCUT2D eigenvalue weighted by Crippen LogP contribution is 2.32. The quantitative estimate of drug-likeness (QED) is 0.879. The predicted octanol–water partition coefficient (Wildman–Crippen LogP) is 2.24. The number of halogens is 1. The molecule has 0 bridgehead atoms. The van der Waals surface area contributed by atoms with E-state index in [0.29, 0.717) is 10.6 Å². The van der Waals surface area contributed by atoms with Gasteiger partial charge in [-0.05, 0) is 43.4 Å². The summed E-state index contributed by atoms with van der Waals surface area (Å²) in [5.41, 5.74) is 1.27. The fraction of sp³-hybridized carbons (Fsp3) is 0.385. The Morgan fingerprint density at radius 2 is 2.11 bits per heavy atom. The average Bonchev–Trinajstić information content (AvgIpc) is 3.13. The molecule has 5 heteroatoms. The first-order valence-corrected chi connectivity index (χ1v) is 6.16. The fourth-order valence-corrected chi connectivity index (χ4v) is 1.95. The third-order valence-electron chi connectivity index (χ3n) is 3.08. The summed E-state index contributed by atoms with van der Waals surface area (Å²) in [7, 11) is 0. The van der Waals surface area contributed by atoms with Crippen molar-refractivity contribution in [3.8, 4) is 0 Å². The van der Waals surface area contributed by atoms with Crippen molar-refractivity contribution < 1.29 is 14.7 Å². The SMILES string of the molecule is Cc1ccc(C(=O)NC(C(=O)O)C2CC2)cc1Cl. The molecule has 1 aliphatic carbocycles. The second kappa shape index (κ2) is 4.98. The Morgan fingerprint density at radius 1 is 1.44 bits per heavy atom. The highest BCUT2D eigenvalue weighted by molar-refractivity contribution is 6.31. The van der Waals surface area contributed by atoms with Crippen molar-refractivity contribution in [2.45, 2.75) is 25.8 Å². The van der Waals surface area contributed by atoms with Crippen LogP contribution in [0.1, 0.15) is 28.8 Å². The maximum Gasteiger partial charge on any atom is 0.326 e. The Bertz CT molecular complexity index is 497. The van der Waals surface area contributed by atoms with E-state index in [1.54, 1.807) is 18.2 Å². The summed E-state index contributed by atoms with van der Waals surface area (Å²) in [5.74, 6) is -1.31. The van der Waals surface area contributed by atoms with Crippen LogP contribution in [0.5, 0.6) is 0 Å². The Balaban J connectivity index is 2.10. The topological polar surface area (TPSA) is 66.4 Å². The van der Waals surface area contributed by atoms with E-state index in [-0.39, 0.29) is 5.92 Å². The molecule has 2 N–H and O–H groups in total. The largest absolute Gasteiger partial charge is 0.480 e. The first-order chi connectivity index (χ1) is 8.49. The van der Waals surface area contributed by atoms with Gasteiger partial charge in [-0.3, -0.25) is 4.79 Å². The number of hydrogen-bond acceptors (Lipinski definition) is 2. The number of rotatable bonds is 4. The van der Waals surface area contributed by atoms with E-state index in [4.69, 9.17) is 16.7 Å². The number of carbonyl (C=O) groups excluding carboxylic acids is 1. The molecule has 0 spiro atoms. The number of amides is 1. The van der Waals surface area contributed by atoms with Crippen molar-refractivity contribution in [3.63, 3.8) is 0 Å². The average molecular weight is 268 g/mol. The first kappa shape index (κ1) is 12.9. The lowest BCUT2D eigenvalue weighted by Crippen LogP contribution is -2.42. The second-order valence-electron chi connectivity index (χ2n) is 4.59. The molecule has 1 amide bonds. The van der Waals surface area contributed by atoms with E-state index >= 15 is 0 Å². The Hall–Kier alpha value is -1.55. The molecule has 18 heavy (non-hydrogen) atoms. The first-order valence-electron chi connectivity index (χ1n) is 5.79. The van der Waals surface area contributed by atoms with Crippen LogP contribution < -0.4 is 5.32 Å². The van der Waals surface area contributed by atoms with Crippen LogP contribution >= 0.6 is 11.6 Å². The Labute approximate surface area is 110 Å². The van der Waals surface area contributed by atoms with Crippen molar-refractivity contribution in [3.05, 3.63) is 34.3 Å². The van der Waals surface area contributed by atoms with Crippen molar-refractivity contribution in [2.75, 3.05) is 0 Å². The number of aryl methyl sites for hydroxylation is 1. The van der Waals surface area contributed by atoms with E-state index in [9.17, 15) is 9.59 Å². The van der Waals surface area contributed by atoms with Gasteiger partial charge in [-0.15, -0.1) is 0 Å². The van der Waals surface area contributed by atoms with Gasteiger partial charge in [-0.25, -0.2) is 4.79 Å². The number of benzene rings is 1. The van der Waals surface area contributed by atoms with Gasteiger partial charge in [0.2, 0.25) is 0 Å². The molecule has 0 aromatic heterocycles. The highest BCUT2D eigenvalue weighted by Gasteiger charge is 2.37. The standard InChI is InChI=1S/C13H14ClNO3/c1-7-2-3-9(6-10(7)14)12(16)15-11(13(17)18)8-4-5-8/h2-3,6,8,11H,4-5H2,1H3,(H,15,16)(H,17,18). The molecule has 1 unspecified atom stereocenters. The number of carboxylic acids is 1. The smallest absolute Gasteiger partial charge is 0.326 e. The molecule has 2 rings (SSSR count). The third kappa shape index (κ3) is 2.82. The highest BCUT2D eigenvalue weighted by atomic mass is 35.5. The number of carboxylic acid groups (broad SMARTS) is 1. The summed E-state index contributed by atoms with van der Waals surface area (Å²) in [4.78, 5) is 23.0. The molecule has 0 radical (unpaired) electrons. The maximum atomic E-state index is 11.9. The van der Waals surface area contributed by atoms with Gasteiger partial charge in [-0.2, -0.15) is 0 Å². The van der Waals surface area contributed by atoms with Crippen molar-refractivity contribution in [1.82, 2.24) is 5.32 Å². The van der Waals surface area contributed by atoms with Crippen molar-refractivity contribution >= 4 is 23.5 Å². The van der Waals surface area contributed by atoms with Crippen LogP contribution in [0.2, 0.25) is 5.02 Å². The molecule has 0 aliphatic heterocycles. The zero-order chi connectivity index (χ0) is 13.3. The van der Waals surface area contributed by atoms with Gasteiger partial charge in [0.25, 0.3) is 5.91 Å². The Kier molecular flexibility index (Phi) is 3.57. The van der Waals surface area contributed by atoms with E-state index in [0.717, 1.165) is 18.4 Å². The number of aliphatic carboxylic acids is 1. The normalized spacial score (nSPS) is 16.1. The van der Waals surface area contributed by atoms with Gasteiger partial charge >= 0.3 is 5.97 Å². The summed E-state index contributed by atoms with van der Waals surface area (Å²) in [6, 6.07) is 4.14. The van der Waals surface area contributed by atoms with Gasteiger partial charge in [-0.1, -0.05) is 17.7 Å². The molecule has 1 aromatic carbocycles. The van der Waals surface area contributed by atoms with Crippen molar-refractivity contribution in [2.24, 2.45) is 5.92 Å². The lowest BCUT2D eigenvalue weighted by atomic mass is 10.1. The van der Waals surface area contributed by atoms with Crippen LogP contribution in [0.3, 0.4) is 0 Å². The minimum Gasteiger partial charge on any atom is -0.480 e. The van der Waals surface area contributed by atoms with Crippen LogP contribution in [0.25, 0.3) is 0 Å². The van der Waals surface area contributed by atoms with E-state index < -0.39 is 17.9 Å². The van der Waals surface area contributed by atoms with Crippen LogP contribution in [-0.4, -0.2) is 23.0 Å². The lowest BCUT2D eigenvalue weighted by Gasteiger charge is -2.13. The molecular weight excluding hydrogens is 254 g/mol. The van der Waals surface area contributed by atoms with Crippen molar-refractivity contribution in [1.29, 1.82) is 0 Å². The number of nitrogens with one attached hydrogen (secondary N) is 1. The van der Waals surface area contributed by atoms with E-state index in [1.807, 2.05) is 6.92 Å². The number of hydrogen-bond donors (Lipinski definition) is 2. The Morgan fingerprint density at radius 3 is 2.61 bits per heavy atom.